The van der Waals surface area contributed by atoms with E-state index in [9.17, 15) is 0 Å². The predicted molar refractivity (Wildman–Crippen MR) is 73.0 cm³/mol. The molecular formula is C13H22N4. The molecule has 0 spiro atoms. The minimum atomic E-state index is 0.729. The van der Waals surface area contributed by atoms with Crippen molar-refractivity contribution in [3.63, 3.8) is 0 Å². The molecule has 0 radical (unpaired) electrons. The number of hydrogen-bond donors (Lipinski definition) is 2. The van der Waals surface area contributed by atoms with Crippen molar-refractivity contribution in [3.8, 4) is 0 Å². The SMILES string of the molecule is CCCCN(CC)C(=Nc1ccccc1)NN. The predicted octanol–water partition coefficient (Wildman–Crippen LogP) is 2.26. The number of aliphatic imine (C=N–C) groups is 1. The summed E-state index contributed by atoms with van der Waals surface area (Å²) < 4.78 is 0. The van der Waals surface area contributed by atoms with Crippen molar-refractivity contribution in [1.29, 1.82) is 0 Å². The number of nitrogens with zero attached hydrogens (tertiary/aromatic N) is 2. The van der Waals surface area contributed by atoms with E-state index in [2.05, 4.69) is 29.2 Å². The fraction of sp³-hybridized carbons (Fsp3) is 0.462. The Hall–Kier alpha value is -1.55. The molecule has 0 saturated heterocycles. The van der Waals surface area contributed by atoms with Crippen LogP contribution >= 0.6 is 0 Å². The van der Waals surface area contributed by atoms with Gasteiger partial charge in [-0.1, -0.05) is 31.5 Å². The first-order valence-electron chi connectivity index (χ1n) is 6.17. The van der Waals surface area contributed by atoms with Gasteiger partial charge in [-0.3, -0.25) is 5.43 Å². The first-order chi connectivity index (χ1) is 8.31. The molecule has 4 nitrogen and oxygen atoms in total. The van der Waals surface area contributed by atoms with Crippen LogP contribution in [-0.4, -0.2) is 23.9 Å². The summed E-state index contributed by atoms with van der Waals surface area (Å²) in [7, 11) is 0. The molecule has 0 heterocycles. The molecule has 0 amide bonds. The summed E-state index contributed by atoms with van der Waals surface area (Å²) in [6, 6.07) is 9.84. The van der Waals surface area contributed by atoms with Crippen LogP contribution in [0.5, 0.6) is 0 Å². The lowest BCUT2D eigenvalue weighted by Crippen LogP contribution is -2.45. The maximum Gasteiger partial charge on any atom is 0.213 e. The van der Waals surface area contributed by atoms with Gasteiger partial charge in [0.1, 0.15) is 0 Å². The Morgan fingerprint density at radius 2 is 2.00 bits per heavy atom. The molecule has 3 N–H and O–H groups in total. The highest BCUT2D eigenvalue weighted by atomic mass is 15.4. The molecule has 0 aliphatic rings. The largest absolute Gasteiger partial charge is 0.342 e. The summed E-state index contributed by atoms with van der Waals surface area (Å²) in [4.78, 5) is 6.66. The quantitative estimate of drug-likeness (QED) is 0.355. The van der Waals surface area contributed by atoms with Gasteiger partial charge in [0.2, 0.25) is 5.96 Å². The van der Waals surface area contributed by atoms with E-state index < -0.39 is 0 Å². The third-order valence-corrected chi connectivity index (χ3v) is 2.58. The second kappa shape index (κ2) is 7.68. The lowest BCUT2D eigenvalue weighted by Gasteiger charge is -2.23. The number of rotatable bonds is 5. The number of guanidine groups is 1. The van der Waals surface area contributed by atoms with Crippen LogP contribution in [0.4, 0.5) is 5.69 Å². The number of benzene rings is 1. The third kappa shape index (κ3) is 4.44. The summed E-state index contributed by atoms with van der Waals surface area (Å²) in [6.45, 7) is 6.16. The molecule has 0 bridgehead atoms. The number of unbranched alkanes of at least 4 members (excludes halogenated alkanes) is 1. The molecule has 1 aromatic rings. The number of hydrogen-bond acceptors (Lipinski definition) is 2. The Balaban J connectivity index is 2.77. The van der Waals surface area contributed by atoms with Gasteiger partial charge in [0.25, 0.3) is 0 Å². The lowest BCUT2D eigenvalue weighted by atomic mass is 10.3. The van der Waals surface area contributed by atoms with Crippen LogP contribution in [-0.2, 0) is 0 Å². The standard InChI is InChI=1S/C13H22N4/c1-3-5-11-17(4-2)13(16-14)15-12-9-7-6-8-10-12/h6-10H,3-5,11,14H2,1-2H3,(H,15,16). The summed E-state index contributed by atoms with van der Waals surface area (Å²) in [5.41, 5.74) is 3.60. The molecule has 0 unspecified atom stereocenters. The molecule has 94 valence electrons. The molecule has 0 atom stereocenters. The zero-order chi connectivity index (χ0) is 12.5. The van der Waals surface area contributed by atoms with Crippen LogP contribution in [0.15, 0.2) is 35.3 Å². The number of nitrogens with two attached hydrogens (primary N) is 1. The highest BCUT2D eigenvalue weighted by Crippen LogP contribution is 2.10. The molecule has 0 aliphatic carbocycles. The van der Waals surface area contributed by atoms with Gasteiger partial charge in [-0.25, -0.2) is 10.8 Å². The van der Waals surface area contributed by atoms with Crippen LogP contribution in [0.1, 0.15) is 26.7 Å². The van der Waals surface area contributed by atoms with E-state index in [1.807, 2.05) is 30.3 Å². The van der Waals surface area contributed by atoms with E-state index in [0.717, 1.165) is 31.2 Å². The van der Waals surface area contributed by atoms with Crippen molar-refractivity contribution in [1.82, 2.24) is 10.3 Å². The van der Waals surface area contributed by atoms with E-state index in [0.29, 0.717) is 0 Å². The highest BCUT2D eigenvalue weighted by Gasteiger charge is 2.07. The van der Waals surface area contributed by atoms with E-state index in [4.69, 9.17) is 5.84 Å². The Labute approximate surface area is 104 Å². The topological polar surface area (TPSA) is 53.6 Å². The molecule has 4 heteroatoms. The van der Waals surface area contributed by atoms with Crippen molar-refractivity contribution >= 4 is 11.6 Å². The monoisotopic (exact) mass is 234 g/mol. The maximum absolute atomic E-state index is 5.55. The van der Waals surface area contributed by atoms with Gasteiger partial charge in [-0.05, 0) is 25.5 Å². The highest BCUT2D eigenvalue weighted by molar-refractivity contribution is 5.82. The first kappa shape index (κ1) is 13.5. The van der Waals surface area contributed by atoms with Gasteiger partial charge in [0.15, 0.2) is 0 Å². The fourth-order valence-electron chi connectivity index (χ4n) is 1.58. The molecule has 0 saturated carbocycles. The first-order valence-corrected chi connectivity index (χ1v) is 6.17. The van der Waals surface area contributed by atoms with Crippen LogP contribution in [0.3, 0.4) is 0 Å². The fourth-order valence-corrected chi connectivity index (χ4v) is 1.58. The zero-order valence-corrected chi connectivity index (χ0v) is 10.7. The zero-order valence-electron chi connectivity index (χ0n) is 10.7. The number of hydrazine groups is 1. The molecule has 0 fully saturated rings. The smallest absolute Gasteiger partial charge is 0.213 e. The number of para-hydroxylation sites is 1. The van der Waals surface area contributed by atoms with Gasteiger partial charge < -0.3 is 4.90 Å². The summed E-state index contributed by atoms with van der Waals surface area (Å²) in [6.07, 6.45) is 2.31. The minimum Gasteiger partial charge on any atom is -0.342 e. The van der Waals surface area contributed by atoms with Crippen LogP contribution in [0.25, 0.3) is 0 Å². The van der Waals surface area contributed by atoms with Crippen LogP contribution in [0.2, 0.25) is 0 Å². The Morgan fingerprint density at radius 1 is 1.29 bits per heavy atom. The summed E-state index contributed by atoms with van der Waals surface area (Å²) in [5.74, 6) is 6.28. The average molecular weight is 234 g/mol. The van der Waals surface area contributed by atoms with Gasteiger partial charge >= 0.3 is 0 Å². The molecule has 1 rings (SSSR count). The van der Waals surface area contributed by atoms with E-state index >= 15 is 0 Å². The molecule has 17 heavy (non-hydrogen) atoms. The lowest BCUT2D eigenvalue weighted by molar-refractivity contribution is 0.413. The van der Waals surface area contributed by atoms with Gasteiger partial charge in [-0.15, -0.1) is 0 Å². The molecule has 1 aromatic carbocycles. The molecular weight excluding hydrogens is 212 g/mol. The van der Waals surface area contributed by atoms with Gasteiger partial charge in [-0.2, -0.15) is 0 Å². The van der Waals surface area contributed by atoms with Gasteiger partial charge in [0, 0.05) is 13.1 Å². The van der Waals surface area contributed by atoms with Crippen molar-refractivity contribution in [2.75, 3.05) is 13.1 Å². The second-order valence-corrected chi connectivity index (χ2v) is 3.85. The Morgan fingerprint density at radius 3 is 2.53 bits per heavy atom. The third-order valence-electron chi connectivity index (χ3n) is 2.58. The van der Waals surface area contributed by atoms with Gasteiger partial charge in [0.05, 0.1) is 5.69 Å². The van der Waals surface area contributed by atoms with Crippen molar-refractivity contribution in [2.45, 2.75) is 26.7 Å². The maximum atomic E-state index is 5.55. The summed E-state index contributed by atoms with van der Waals surface area (Å²) in [5, 5.41) is 0. The Kier molecular flexibility index (Phi) is 6.10. The van der Waals surface area contributed by atoms with Crippen molar-refractivity contribution < 1.29 is 0 Å². The van der Waals surface area contributed by atoms with E-state index in [-0.39, 0.29) is 0 Å². The minimum absolute atomic E-state index is 0.729. The van der Waals surface area contributed by atoms with Crippen LogP contribution in [0, 0.1) is 0 Å². The Bertz CT molecular complexity index is 335. The van der Waals surface area contributed by atoms with Crippen molar-refractivity contribution in [3.05, 3.63) is 30.3 Å². The summed E-state index contributed by atoms with van der Waals surface area (Å²) >= 11 is 0. The molecule has 0 aromatic heterocycles. The van der Waals surface area contributed by atoms with Crippen molar-refractivity contribution in [2.24, 2.45) is 10.8 Å². The van der Waals surface area contributed by atoms with Crippen LogP contribution < -0.4 is 11.3 Å². The normalized spacial score (nSPS) is 11.4. The second-order valence-electron chi connectivity index (χ2n) is 3.85. The van der Waals surface area contributed by atoms with E-state index in [1.165, 1.54) is 6.42 Å². The number of nitrogens with one attached hydrogen (secondary N) is 1. The van der Waals surface area contributed by atoms with E-state index in [1.54, 1.807) is 0 Å². The average Bonchev–Trinajstić information content (AvgIpc) is 2.39. The molecule has 0 aliphatic heterocycles.